The summed E-state index contributed by atoms with van der Waals surface area (Å²) in [4.78, 5) is 8.58. The molecule has 1 fully saturated rings. The fourth-order valence-corrected chi connectivity index (χ4v) is 3.52. The molecule has 1 aliphatic rings. The van der Waals surface area contributed by atoms with E-state index in [2.05, 4.69) is 22.0 Å². The fourth-order valence-electron chi connectivity index (χ4n) is 3.52. The van der Waals surface area contributed by atoms with Crippen molar-refractivity contribution in [3.05, 3.63) is 41.8 Å². The Kier molecular flexibility index (Phi) is 6.16. The van der Waals surface area contributed by atoms with E-state index in [9.17, 15) is 0 Å². The first kappa shape index (κ1) is 16.9. The summed E-state index contributed by atoms with van der Waals surface area (Å²) >= 11 is 0. The molecular formula is C20H27N3O. The zero-order valence-corrected chi connectivity index (χ0v) is 14.5. The van der Waals surface area contributed by atoms with E-state index in [-0.39, 0.29) is 0 Å². The van der Waals surface area contributed by atoms with Gasteiger partial charge in [-0.1, -0.05) is 37.8 Å². The van der Waals surface area contributed by atoms with Gasteiger partial charge in [0.25, 0.3) is 5.89 Å². The molecule has 2 aromatic rings. The van der Waals surface area contributed by atoms with Crippen LogP contribution in [-0.2, 0) is 0 Å². The van der Waals surface area contributed by atoms with Crippen LogP contribution in [0.25, 0.3) is 12.2 Å². The first-order valence-corrected chi connectivity index (χ1v) is 9.27. The topological polar surface area (TPSA) is 51.8 Å². The highest BCUT2D eigenvalue weighted by atomic mass is 16.5. The smallest absolute Gasteiger partial charge is 0.250 e. The number of nitrogens with zero attached hydrogens (tertiary/aromatic N) is 3. The van der Waals surface area contributed by atoms with Gasteiger partial charge in [0, 0.05) is 24.4 Å². The highest BCUT2D eigenvalue weighted by Gasteiger charge is 2.25. The first-order valence-electron chi connectivity index (χ1n) is 9.27. The van der Waals surface area contributed by atoms with Gasteiger partial charge in [0.2, 0.25) is 0 Å². The Morgan fingerprint density at radius 3 is 2.62 bits per heavy atom. The van der Waals surface area contributed by atoms with Crippen LogP contribution in [0, 0.1) is 5.92 Å². The minimum atomic E-state index is 0.472. The van der Waals surface area contributed by atoms with Crippen molar-refractivity contribution < 1.29 is 4.52 Å². The van der Waals surface area contributed by atoms with Gasteiger partial charge in [-0.05, 0) is 55.4 Å². The second-order valence-electron chi connectivity index (χ2n) is 6.82. The van der Waals surface area contributed by atoms with Crippen LogP contribution < -0.4 is 0 Å². The summed E-state index contributed by atoms with van der Waals surface area (Å²) < 4.78 is 5.38. The molecule has 4 nitrogen and oxygen atoms in total. The van der Waals surface area contributed by atoms with Crippen molar-refractivity contribution in [3.63, 3.8) is 0 Å². The lowest BCUT2D eigenvalue weighted by atomic mass is 9.79. The third-order valence-electron chi connectivity index (χ3n) is 5.01. The maximum atomic E-state index is 5.38. The Morgan fingerprint density at radius 2 is 1.88 bits per heavy atom. The molecule has 0 spiro atoms. The summed E-state index contributed by atoms with van der Waals surface area (Å²) in [6.45, 7) is 2.27. The van der Waals surface area contributed by atoms with Crippen molar-refractivity contribution in [2.45, 2.75) is 64.2 Å². The van der Waals surface area contributed by atoms with Crippen molar-refractivity contribution in [2.75, 3.05) is 0 Å². The summed E-state index contributed by atoms with van der Waals surface area (Å²) in [5.41, 5.74) is 1.08. The maximum absolute atomic E-state index is 5.38. The molecule has 2 aromatic heterocycles. The molecule has 0 N–H and O–H groups in total. The number of aromatic nitrogens is 3. The second kappa shape index (κ2) is 8.76. The number of hydrogen-bond acceptors (Lipinski definition) is 4. The molecule has 0 amide bonds. The minimum Gasteiger partial charge on any atom is -0.335 e. The zero-order valence-electron chi connectivity index (χ0n) is 14.5. The molecule has 0 aliphatic heterocycles. The van der Waals surface area contributed by atoms with Gasteiger partial charge in [-0.2, -0.15) is 4.98 Å². The summed E-state index contributed by atoms with van der Waals surface area (Å²) in [6.07, 6.45) is 17.9. The fraction of sp³-hybridized carbons (Fsp3) is 0.550. The number of hydrogen-bond donors (Lipinski definition) is 0. The van der Waals surface area contributed by atoms with Crippen LogP contribution in [0.5, 0.6) is 0 Å². The van der Waals surface area contributed by atoms with Gasteiger partial charge < -0.3 is 4.52 Å². The predicted molar refractivity (Wildman–Crippen MR) is 96.3 cm³/mol. The summed E-state index contributed by atoms with van der Waals surface area (Å²) in [5, 5.41) is 4.20. The van der Waals surface area contributed by atoms with E-state index in [0.29, 0.717) is 11.8 Å². The van der Waals surface area contributed by atoms with Crippen LogP contribution in [-0.4, -0.2) is 15.1 Å². The Hall–Kier alpha value is -1.97. The maximum Gasteiger partial charge on any atom is 0.250 e. The Balaban J connectivity index is 1.50. The highest BCUT2D eigenvalue weighted by molar-refractivity contribution is 5.65. The number of unbranched alkanes of at least 4 members (excludes halogenated alkanes) is 2. The molecule has 0 atom stereocenters. The van der Waals surface area contributed by atoms with Crippen LogP contribution in [0.3, 0.4) is 0 Å². The first-order chi connectivity index (χ1) is 11.8. The quantitative estimate of drug-likeness (QED) is 0.632. The molecule has 128 valence electrons. The van der Waals surface area contributed by atoms with Crippen molar-refractivity contribution in [3.8, 4) is 0 Å². The minimum absolute atomic E-state index is 0.472. The molecule has 0 saturated heterocycles. The van der Waals surface area contributed by atoms with Gasteiger partial charge in [-0.3, -0.25) is 4.98 Å². The normalized spacial score (nSPS) is 21.4. The molecule has 1 aliphatic carbocycles. The van der Waals surface area contributed by atoms with Gasteiger partial charge in [0.15, 0.2) is 5.82 Å². The van der Waals surface area contributed by atoms with Gasteiger partial charge in [0.05, 0.1) is 0 Å². The largest absolute Gasteiger partial charge is 0.335 e. The van der Waals surface area contributed by atoms with Gasteiger partial charge in [0.1, 0.15) is 0 Å². The number of pyridine rings is 1. The molecule has 0 unspecified atom stereocenters. The van der Waals surface area contributed by atoms with E-state index in [4.69, 9.17) is 4.52 Å². The molecule has 4 heteroatoms. The van der Waals surface area contributed by atoms with Crippen LogP contribution in [0.1, 0.15) is 81.5 Å². The van der Waals surface area contributed by atoms with Crippen LogP contribution in [0.2, 0.25) is 0 Å². The van der Waals surface area contributed by atoms with Crippen LogP contribution in [0.15, 0.2) is 29.0 Å². The van der Waals surface area contributed by atoms with E-state index in [0.717, 1.165) is 17.3 Å². The summed E-state index contributed by atoms with van der Waals surface area (Å²) in [6, 6.07) is 3.90. The molecule has 1 saturated carbocycles. The average Bonchev–Trinajstić information content (AvgIpc) is 3.11. The third-order valence-corrected chi connectivity index (χ3v) is 5.01. The molecule has 0 aromatic carbocycles. The van der Waals surface area contributed by atoms with E-state index < -0.39 is 0 Å². The van der Waals surface area contributed by atoms with E-state index in [1.54, 1.807) is 12.4 Å². The molecule has 0 radical (unpaired) electrons. The summed E-state index contributed by atoms with van der Waals surface area (Å²) in [7, 11) is 0. The van der Waals surface area contributed by atoms with Crippen molar-refractivity contribution in [1.82, 2.24) is 15.1 Å². The van der Waals surface area contributed by atoms with E-state index in [1.807, 2.05) is 24.3 Å². The van der Waals surface area contributed by atoms with Gasteiger partial charge in [-0.25, -0.2) is 0 Å². The molecule has 24 heavy (non-hydrogen) atoms. The van der Waals surface area contributed by atoms with Crippen molar-refractivity contribution in [2.24, 2.45) is 5.92 Å². The Bertz CT molecular complexity index is 627. The second-order valence-corrected chi connectivity index (χ2v) is 6.82. The highest BCUT2D eigenvalue weighted by Crippen LogP contribution is 2.36. The van der Waals surface area contributed by atoms with Gasteiger partial charge in [-0.15, -0.1) is 0 Å². The molecule has 2 heterocycles. The Labute approximate surface area is 144 Å². The third kappa shape index (κ3) is 4.76. The van der Waals surface area contributed by atoms with Crippen molar-refractivity contribution >= 4 is 12.2 Å². The molecule has 3 rings (SSSR count). The molecule has 0 bridgehead atoms. The van der Waals surface area contributed by atoms with Crippen LogP contribution in [0.4, 0.5) is 0 Å². The standard InChI is InChI=1S/C20H27N3O/c1-2-3-4-5-16-6-9-18(10-7-16)20-22-19(24-23-20)11-8-17-12-14-21-15-13-17/h8,11-16,18H,2-7,9-10H2,1H3. The van der Waals surface area contributed by atoms with Gasteiger partial charge >= 0.3 is 0 Å². The molecular weight excluding hydrogens is 298 g/mol. The lowest BCUT2D eigenvalue weighted by molar-refractivity contribution is 0.291. The van der Waals surface area contributed by atoms with E-state index in [1.165, 1.54) is 51.4 Å². The number of rotatable bonds is 7. The monoisotopic (exact) mass is 325 g/mol. The SMILES string of the molecule is CCCCCC1CCC(c2noc(C=Cc3ccncc3)n2)CC1. The zero-order chi connectivity index (χ0) is 16.6. The average molecular weight is 325 g/mol. The lowest BCUT2D eigenvalue weighted by Crippen LogP contribution is -2.14. The lowest BCUT2D eigenvalue weighted by Gasteiger charge is -2.26. The predicted octanol–water partition coefficient (Wildman–Crippen LogP) is 5.49. The van der Waals surface area contributed by atoms with E-state index >= 15 is 0 Å². The van der Waals surface area contributed by atoms with Crippen LogP contribution >= 0.6 is 0 Å². The Morgan fingerprint density at radius 1 is 1.08 bits per heavy atom. The van der Waals surface area contributed by atoms with Crippen molar-refractivity contribution in [1.29, 1.82) is 0 Å². The summed E-state index contributed by atoms with van der Waals surface area (Å²) in [5.74, 6) is 2.85.